The maximum atomic E-state index is 10.6. The highest BCUT2D eigenvalue weighted by atomic mass is 16.5. The summed E-state index contributed by atoms with van der Waals surface area (Å²) in [6.07, 6.45) is 1.68. The third-order valence-corrected chi connectivity index (χ3v) is 1.83. The van der Waals surface area contributed by atoms with Crippen molar-refractivity contribution in [3.05, 3.63) is 12.2 Å². The van der Waals surface area contributed by atoms with Crippen molar-refractivity contribution in [1.82, 2.24) is 0 Å². The Morgan fingerprint density at radius 1 is 1.75 bits per heavy atom. The van der Waals surface area contributed by atoms with Crippen molar-refractivity contribution >= 4 is 5.97 Å². The number of ether oxygens (including phenoxy) is 1. The molecule has 64 valence electrons. The average molecular weight is 165 g/mol. The van der Waals surface area contributed by atoms with Gasteiger partial charge in [-0.2, -0.15) is 5.26 Å². The van der Waals surface area contributed by atoms with Gasteiger partial charge in [-0.15, -0.1) is 0 Å². The van der Waals surface area contributed by atoms with E-state index >= 15 is 0 Å². The zero-order valence-electron chi connectivity index (χ0n) is 7.04. The van der Waals surface area contributed by atoms with E-state index in [4.69, 9.17) is 10.00 Å². The topological polar surface area (TPSA) is 50.1 Å². The molecular weight excluding hydrogens is 154 g/mol. The molecule has 0 amide bonds. The van der Waals surface area contributed by atoms with Crippen molar-refractivity contribution in [3.63, 3.8) is 0 Å². The Hall–Kier alpha value is -1.30. The lowest BCUT2D eigenvalue weighted by atomic mass is 10.1. The number of nitrogens with zero attached hydrogens (tertiary/aromatic N) is 1. The molecule has 0 heterocycles. The van der Waals surface area contributed by atoms with Crippen LogP contribution < -0.4 is 0 Å². The summed E-state index contributed by atoms with van der Waals surface area (Å²) >= 11 is 0. The van der Waals surface area contributed by atoms with Gasteiger partial charge in [0.2, 0.25) is 0 Å². The summed E-state index contributed by atoms with van der Waals surface area (Å²) in [5.74, 6) is -0.00986. The van der Waals surface area contributed by atoms with Crippen molar-refractivity contribution in [2.24, 2.45) is 5.92 Å². The summed E-state index contributed by atoms with van der Waals surface area (Å²) < 4.78 is 4.97. The van der Waals surface area contributed by atoms with Gasteiger partial charge >= 0.3 is 5.97 Å². The molecule has 0 spiro atoms. The van der Waals surface area contributed by atoms with E-state index in [1.54, 1.807) is 0 Å². The van der Waals surface area contributed by atoms with E-state index in [1.165, 1.54) is 6.92 Å². The number of carbonyl (C=O) groups excluding carboxylic acids is 1. The molecule has 1 rings (SSSR count). The van der Waals surface area contributed by atoms with E-state index in [0.717, 1.165) is 12.8 Å². The molecule has 0 N–H and O–H groups in total. The largest absolute Gasteiger partial charge is 0.457 e. The highest BCUT2D eigenvalue weighted by Gasteiger charge is 2.35. The number of nitriles is 1. The lowest BCUT2D eigenvalue weighted by Crippen LogP contribution is -2.19. The van der Waals surface area contributed by atoms with E-state index in [9.17, 15) is 4.79 Å². The van der Waals surface area contributed by atoms with E-state index in [-0.39, 0.29) is 12.1 Å². The monoisotopic (exact) mass is 165 g/mol. The minimum Gasteiger partial charge on any atom is -0.457 e. The van der Waals surface area contributed by atoms with Gasteiger partial charge in [-0.25, -0.2) is 0 Å². The zero-order valence-corrected chi connectivity index (χ0v) is 7.04. The molecular formula is C9H11NO2. The summed E-state index contributed by atoms with van der Waals surface area (Å²) in [7, 11) is 0. The molecule has 0 saturated heterocycles. The van der Waals surface area contributed by atoms with Gasteiger partial charge in [-0.05, 0) is 12.8 Å². The smallest absolute Gasteiger partial charge is 0.303 e. The van der Waals surface area contributed by atoms with E-state index in [1.807, 2.05) is 6.07 Å². The van der Waals surface area contributed by atoms with Crippen LogP contribution in [0.2, 0.25) is 0 Å². The number of carbonyl (C=O) groups is 1. The maximum Gasteiger partial charge on any atom is 0.303 e. The normalized spacial score (nSPS) is 17.7. The Morgan fingerprint density at radius 2 is 2.33 bits per heavy atom. The first-order valence-electron chi connectivity index (χ1n) is 3.91. The van der Waals surface area contributed by atoms with Crippen LogP contribution in [-0.2, 0) is 9.53 Å². The third-order valence-electron chi connectivity index (χ3n) is 1.83. The van der Waals surface area contributed by atoms with Gasteiger partial charge in [0, 0.05) is 12.8 Å². The second-order valence-corrected chi connectivity index (χ2v) is 3.00. The van der Waals surface area contributed by atoms with Crippen molar-refractivity contribution < 1.29 is 9.53 Å². The molecule has 0 radical (unpaired) electrons. The SMILES string of the molecule is C=C(C#N)C(OC(C)=O)C1CC1. The van der Waals surface area contributed by atoms with Crippen LogP contribution in [0.15, 0.2) is 12.2 Å². The minimum atomic E-state index is -0.368. The molecule has 0 aromatic heterocycles. The highest BCUT2D eigenvalue weighted by Crippen LogP contribution is 2.37. The number of hydrogen-bond donors (Lipinski definition) is 0. The van der Waals surface area contributed by atoms with Gasteiger partial charge in [0.25, 0.3) is 0 Å². The first-order chi connectivity index (χ1) is 5.65. The van der Waals surface area contributed by atoms with Gasteiger partial charge in [-0.1, -0.05) is 6.58 Å². The predicted octanol–water partition coefficient (Wildman–Crippen LogP) is 1.41. The second-order valence-electron chi connectivity index (χ2n) is 3.00. The molecule has 0 aromatic rings. The minimum absolute atomic E-state index is 0.334. The van der Waals surface area contributed by atoms with Gasteiger partial charge in [0.1, 0.15) is 6.10 Å². The molecule has 1 saturated carbocycles. The van der Waals surface area contributed by atoms with Gasteiger partial charge < -0.3 is 4.74 Å². The van der Waals surface area contributed by atoms with Crippen LogP contribution in [0.5, 0.6) is 0 Å². The summed E-state index contributed by atoms with van der Waals surface area (Å²) in [5, 5.41) is 8.55. The van der Waals surface area contributed by atoms with Gasteiger partial charge in [0.05, 0.1) is 11.6 Å². The molecule has 1 unspecified atom stereocenters. The molecule has 1 aliphatic carbocycles. The first-order valence-corrected chi connectivity index (χ1v) is 3.91. The van der Waals surface area contributed by atoms with Crippen molar-refractivity contribution in [2.45, 2.75) is 25.9 Å². The predicted molar refractivity (Wildman–Crippen MR) is 43.0 cm³/mol. The van der Waals surface area contributed by atoms with Crippen LogP contribution in [0.25, 0.3) is 0 Å². The Morgan fingerprint density at radius 3 is 2.67 bits per heavy atom. The van der Waals surface area contributed by atoms with Gasteiger partial charge in [0.15, 0.2) is 0 Å². The quantitative estimate of drug-likeness (QED) is 0.469. The average Bonchev–Trinajstić information content (AvgIpc) is 2.81. The van der Waals surface area contributed by atoms with Gasteiger partial charge in [-0.3, -0.25) is 4.79 Å². The molecule has 1 fully saturated rings. The molecule has 1 atom stereocenters. The summed E-state index contributed by atoms with van der Waals surface area (Å²) in [4.78, 5) is 10.6. The molecule has 3 heteroatoms. The van der Waals surface area contributed by atoms with E-state index in [0.29, 0.717) is 11.5 Å². The number of hydrogen-bond acceptors (Lipinski definition) is 3. The van der Waals surface area contributed by atoms with Crippen LogP contribution in [0.4, 0.5) is 0 Å². The lowest BCUT2D eigenvalue weighted by Gasteiger charge is -2.13. The number of esters is 1. The molecule has 1 aliphatic rings. The fraction of sp³-hybridized carbons (Fsp3) is 0.556. The maximum absolute atomic E-state index is 10.6. The Balaban J connectivity index is 2.55. The number of rotatable bonds is 3. The van der Waals surface area contributed by atoms with Crippen molar-refractivity contribution in [2.75, 3.05) is 0 Å². The lowest BCUT2D eigenvalue weighted by molar-refractivity contribution is -0.145. The highest BCUT2D eigenvalue weighted by molar-refractivity contribution is 5.66. The first kappa shape index (κ1) is 8.79. The van der Waals surface area contributed by atoms with Crippen LogP contribution in [0, 0.1) is 17.2 Å². The third kappa shape index (κ3) is 2.09. The fourth-order valence-corrected chi connectivity index (χ4v) is 1.09. The zero-order chi connectivity index (χ0) is 9.14. The molecule has 0 aromatic carbocycles. The molecule has 12 heavy (non-hydrogen) atoms. The Kier molecular flexibility index (Phi) is 2.49. The van der Waals surface area contributed by atoms with Crippen molar-refractivity contribution in [1.29, 1.82) is 5.26 Å². The second kappa shape index (κ2) is 3.40. The van der Waals surface area contributed by atoms with E-state index in [2.05, 4.69) is 6.58 Å². The van der Waals surface area contributed by atoms with Crippen LogP contribution in [0.3, 0.4) is 0 Å². The summed E-state index contributed by atoms with van der Waals surface area (Å²) in [6, 6.07) is 1.92. The van der Waals surface area contributed by atoms with E-state index < -0.39 is 0 Å². The molecule has 0 aliphatic heterocycles. The molecule has 3 nitrogen and oxygen atoms in total. The van der Waals surface area contributed by atoms with Crippen LogP contribution >= 0.6 is 0 Å². The van der Waals surface area contributed by atoms with Crippen molar-refractivity contribution in [3.8, 4) is 6.07 Å². The Labute approximate surface area is 71.6 Å². The summed E-state index contributed by atoms with van der Waals surface area (Å²) in [5.41, 5.74) is 0.354. The molecule has 0 bridgehead atoms. The Bertz CT molecular complexity index is 248. The fourth-order valence-electron chi connectivity index (χ4n) is 1.09. The summed E-state index contributed by atoms with van der Waals surface area (Å²) in [6.45, 7) is 4.90. The van der Waals surface area contributed by atoms with Crippen LogP contribution in [0.1, 0.15) is 19.8 Å². The van der Waals surface area contributed by atoms with Crippen LogP contribution in [-0.4, -0.2) is 12.1 Å². The standard InChI is InChI=1S/C9H11NO2/c1-6(5-10)9(8-3-4-8)12-7(2)11/h8-9H,1,3-4H2,2H3.